The monoisotopic (exact) mass is 403 g/mol. The number of carbonyl (C=O) groups is 1. The Morgan fingerprint density at radius 1 is 1.07 bits per heavy atom. The highest BCUT2D eigenvalue weighted by Crippen LogP contribution is 2.57. The number of sulfone groups is 1. The van der Waals surface area contributed by atoms with Crippen LogP contribution in [0.15, 0.2) is 64.9 Å². The van der Waals surface area contributed by atoms with Crippen molar-refractivity contribution in [2.75, 3.05) is 0 Å². The molecule has 7 heteroatoms. The summed E-state index contributed by atoms with van der Waals surface area (Å²) in [7, 11) is -3.97. The van der Waals surface area contributed by atoms with E-state index in [9.17, 15) is 23.4 Å². The van der Waals surface area contributed by atoms with Crippen LogP contribution in [0.2, 0.25) is 0 Å². The number of carboxylic acid groups (broad SMARTS) is 1. The molecule has 6 nitrogen and oxygen atoms in total. The Morgan fingerprint density at radius 3 is 2.14 bits per heavy atom. The standard InChI is InChI=1S/C21H25NO5S/c1-13(2)21(14(3)4)18(19(24)25)17-7-5-6-12-22(17)20(21)28(26,27)16-10-8-15(23)9-11-16/h5-14,20,23H,1-4H3,(H,24,25). The third-order valence-corrected chi connectivity index (χ3v) is 7.96. The summed E-state index contributed by atoms with van der Waals surface area (Å²) in [5, 5.41) is 18.6. The normalized spacial score (nSPS) is 20.9. The molecule has 0 aliphatic carbocycles. The molecule has 0 spiro atoms. The molecule has 1 atom stereocenters. The van der Waals surface area contributed by atoms with Crippen LogP contribution in [0.3, 0.4) is 0 Å². The van der Waals surface area contributed by atoms with Crippen LogP contribution >= 0.6 is 0 Å². The molecule has 0 fully saturated rings. The molecule has 150 valence electrons. The van der Waals surface area contributed by atoms with Crippen molar-refractivity contribution in [1.82, 2.24) is 4.90 Å². The van der Waals surface area contributed by atoms with E-state index in [1.165, 1.54) is 24.3 Å². The maximum absolute atomic E-state index is 13.8. The van der Waals surface area contributed by atoms with Gasteiger partial charge in [-0.3, -0.25) is 0 Å². The fourth-order valence-electron chi connectivity index (χ4n) is 4.73. The summed E-state index contributed by atoms with van der Waals surface area (Å²) >= 11 is 0. The van der Waals surface area contributed by atoms with E-state index in [0.29, 0.717) is 5.70 Å². The average Bonchev–Trinajstić information content (AvgIpc) is 2.95. The van der Waals surface area contributed by atoms with Gasteiger partial charge in [0.25, 0.3) is 0 Å². The second kappa shape index (κ2) is 6.81. The van der Waals surface area contributed by atoms with Gasteiger partial charge in [-0.2, -0.15) is 0 Å². The minimum absolute atomic E-state index is 0.0322. The number of carboxylic acids is 1. The van der Waals surface area contributed by atoms with E-state index in [1.54, 1.807) is 29.3 Å². The van der Waals surface area contributed by atoms with Crippen LogP contribution in [0.25, 0.3) is 0 Å². The quantitative estimate of drug-likeness (QED) is 0.781. The van der Waals surface area contributed by atoms with E-state index in [2.05, 4.69) is 0 Å². The summed E-state index contributed by atoms with van der Waals surface area (Å²) in [5.41, 5.74) is -0.591. The third-order valence-electron chi connectivity index (χ3n) is 5.82. The van der Waals surface area contributed by atoms with Crippen molar-refractivity contribution in [3.63, 3.8) is 0 Å². The van der Waals surface area contributed by atoms with Gasteiger partial charge >= 0.3 is 5.97 Å². The molecular weight excluding hydrogens is 378 g/mol. The van der Waals surface area contributed by atoms with Crippen molar-refractivity contribution in [2.45, 2.75) is 38.0 Å². The van der Waals surface area contributed by atoms with Crippen LogP contribution in [0, 0.1) is 17.3 Å². The summed E-state index contributed by atoms with van der Waals surface area (Å²) in [4.78, 5) is 14.0. The fraction of sp³-hybridized carbons (Fsp3) is 0.381. The highest BCUT2D eigenvalue weighted by Gasteiger charge is 2.62. The van der Waals surface area contributed by atoms with Crippen molar-refractivity contribution >= 4 is 15.8 Å². The second-order valence-electron chi connectivity index (χ2n) is 7.81. The maximum atomic E-state index is 13.8. The van der Waals surface area contributed by atoms with E-state index in [4.69, 9.17) is 0 Å². The number of phenolic OH excluding ortho intramolecular Hbond substituents is 1. The highest BCUT2D eigenvalue weighted by atomic mass is 32.2. The summed E-state index contributed by atoms with van der Waals surface area (Å²) in [6.07, 6.45) is 6.72. The number of rotatable bonds is 5. The Bertz CT molecular complexity index is 976. The lowest BCUT2D eigenvalue weighted by atomic mass is 9.64. The lowest BCUT2D eigenvalue weighted by molar-refractivity contribution is -0.134. The minimum Gasteiger partial charge on any atom is -0.508 e. The number of nitrogens with zero attached hydrogens (tertiary/aromatic N) is 1. The largest absolute Gasteiger partial charge is 0.508 e. The molecule has 3 rings (SSSR count). The number of fused-ring (bicyclic) bond motifs is 1. The number of aliphatic carboxylic acids is 1. The summed E-state index contributed by atoms with van der Waals surface area (Å²) in [6, 6.07) is 5.37. The van der Waals surface area contributed by atoms with Crippen LogP contribution in [0.4, 0.5) is 0 Å². The molecule has 2 heterocycles. The van der Waals surface area contributed by atoms with Crippen LogP contribution in [0.1, 0.15) is 27.7 Å². The molecule has 1 aromatic rings. The molecule has 0 saturated carbocycles. The lowest BCUT2D eigenvalue weighted by Crippen LogP contribution is -2.52. The number of aromatic hydroxyl groups is 1. The Balaban J connectivity index is 2.35. The molecule has 1 aromatic carbocycles. The number of benzene rings is 1. The predicted molar refractivity (Wildman–Crippen MR) is 106 cm³/mol. The van der Waals surface area contributed by atoms with E-state index >= 15 is 0 Å². The van der Waals surface area contributed by atoms with E-state index in [1.807, 2.05) is 27.7 Å². The van der Waals surface area contributed by atoms with Crippen LogP contribution in [-0.4, -0.2) is 34.9 Å². The van der Waals surface area contributed by atoms with Gasteiger partial charge in [0.05, 0.1) is 16.2 Å². The topological polar surface area (TPSA) is 94.9 Å². The molecule has 28 heavy (non-hydrogen) atoms. The minimum atomic E-state index is -3.97. The van der Waals surface area contributed by atoms with Crippen molar-refractivity contribution < 1.29 is 23.4 Å². The van der Waals surface area contributed by atoms with E-state index < -0.39 is 26.6 Å². The van der Waals surface area contributed by atoms with Crippen LogP contribution < -0.4 is 0 Å². The highest BCUT2D eigenvalue weighted by molar-refractivity contribution is 7.92. The summed E-state index contributed by atoms with van der Waals surface area (Å²) in [5.74, 6) is -1.65. The zero-order valence-corrected chi connectivity index (χ0v) is 17.1. The van der Waals surface area contributed by atoms with Gasteiger partial charge in [0.1, 0.15) is 5.75 Å². The van der Waals surface area contributed by atoms with Crippen molar-refractivity contribution in [3.05, 3.63) is 60.0 Å². The Morgan fingerprint density at radius 2 is 1.64 bits per heavy atom. The van der Waals surface area contributed by atoms with Crippen molar-refractivity contribution in [1.29, 1.82) is 0 Å². The molecule has 1 unspecified atom stereocenters. The van der Waals surface area contributed by atoms with Gasteiger partial charge in [-0.05, 0) is 48.3 Å². The van der Waals surface area contributed by atoms with Gasteiger partial charge in [0.2, 0.25) is 9.84 Å². The second-order valence-corrected chi connectivity index (χ2v) is 9.81. The molecule has 0 radical (unpaired) electrons. The summed E-state index contributed by atoms with van der Waals surface area (Å²) in [6.45, 7) is 7.48. The molecule has 0 aromatic heterocycles. The number of allylic oxidation sites excluding steroid dienone is 3. The first-order valence-corrected chi connectivity index (χ1v) is 10.7. The van der Waals surface area contributed by atoms with Crippen molar-refractivity contribution in [2.24, 2.45) is 17.3 Å². The van der Waals surface area contributed by atoms with E-state index in [-0.39, 0.29) is 28.1 Å². The molecule has 0 bridgehead atoms. The fourth-order valence-corrected chi connectivity index (χ4v) is 7.16. The number of hydrogen-bond donors (Lipinski definition) is 2. The van der Waals surface area contributed by atoms with Crippen LogP contribution in [0.5, 0.6) is 5.75 Å². The van der Waals surface area contributed by atoms with E-state index in [0.717, 1.165) is 0 Å². The smallest absolute Gasteiger partial charge is 0.334 e. The van der Waals surface area contributed by atoms with Gasteiger partial charge < -0.3 is 15.1 Å². The van der Waals surface area contributed by atoms with Crippen LogP contribution in [-0.2, 0) is 14.6 Å². The van der Waals surface area contributed by atoms with Gasteiger partial charge in [-0.1, -0.05) is 33.8 Å². The Kier molecular flexibility index (Phi) is 4.91. The summed E-state index contributed by atoms with van der Waals surface area (Å²) < 4.78 is 27.6. The molecule has 2 N–H and O–H groups in total. The third kappa shape index (κ3) is 2.68. The molecule has 0 amide bonds. The first-order valence-electron chi connectivity index (χ1n) is 9.20. The number of hydrogen-bond acceptors (Lipinski definition) is 5. The molecule has 2 aliphatic rings. The first-order chi connectivity index (χ1) is 13.1. The SMILES string of the molecule is CC(C)C1(C(C)C)C(C(=O)O)=C2C=CC=CN2C1S(=O)(=O)c1ccc(O)cc1. The predicted octanol–water partition coefficient (Wildman–Crippen LogP) is 3.53. The maximum Gasteiger partial charge on any atom is 0.334 e. The van der Waals surface area contributed by atoms with Crippen molar-refractivity contribution in [3.8, 4) is 5.75 Å². The first kappa shape index (κ1) is 20.2. The average molecular weight is 404 g/mol. The zero-order valence-electron chi connectivity index (χ0n) is 16.3. The molecule has 0 saturated heterocycles. The zero-order chi connectivity index (χ0) is 20.9. The van der Waals surface area contributed by atoms with Gasteiger partial charge in [-0.25, -0.2) is 13.2 Å². The van der Waals surface area contributed by atoms with Gasteiger partial charge in [0.15, 0.2) is 5.37 Å². The molecule has 2 aliphatic heterocycles. The number of phenols is 1. The molecular formula is C21H25NO5S. The van der Waals surface area contributed by atoms with Gasteiger partial charge in [0, 0.05) is 11.6 Å². The van der Waals surface area contributed by atoms with Gasteiger partial charge in [-0.15, -0.1) is 0 Å². The Hall–Kier alpha value is -2.54. The lowest BCUT2D eigenvalue weighted by Gasteiger charge is -2.45. The Labute approximate surface area is 165 Å².